The number of thioether (sulfide) groups is 1. The van der Waals surface area contributed by atoms with Gasteiger partial charge in [0.25, 0.3) is 0 Å². The minimum absolute atomic E-state index is 0.0923. The van der Waals surface area contributed by atoms with Crippen molar-refractivity contribution in [1.29, 1.82) is 0 Å². The summed E-state index contributed by atoms with van der Waals surface area (Å²) in [5.74, 6) is 0.471. The zero-order valence-corrected chi connectivity index (χ0v) is 14.7. The molecule has 138 valence electrons. The average Bonchev–Trinajstić information content (AvgIpc) is 3.12. The third-order valence-electron chi connectivity index (χ3n) is 4.05. The minimum Gasteiger partial charge on any atom is -0.367 e. The lowest BCUT2D eigenvalue weighted by molar-refractivity contribution is -0.137. The largest absolute Gasteiger partial charge is 0.416 e. The standard InChI is InChI=1S/C19H18F3NO2S/c20-19(21,22)16-8-4-7-15(11-16)18-23(9-10-26-18)17(24)13-25-12-14-5-2-1-3-6-14/h1-8,11,18H,9-10,12-13H2. The molecule has 3 nitrogen and oxygen atoms in total. The van der Waals surface area contributed by atoms with E-state index in [9.17, 15) is 18.0 Å². The average molecular weight is 381 g/mol. The fourth-order valence-electron chi connectivity index (χ4n) is 2.78. The fourth-order valence-corrected chi connectivity index (χ4v) is 4.05. The van der Waals surface area contributed by atoms with Gasteiger partial charge in [0.2, 0.25) is 5.91 Å². The van der Waals surface area contributed by atoms with Crippen molar-refractivity contribution in [2.75, 3.05) is 18.9 Å². The third-order valence-corrected chi connectivity index (χ3v) is 5.31. The molecule has 1 fully saturated rings. The number of hydrogen-bond donors (Lipinski definition) is 0. The number of ether oxygens (including phenoxy) is 1. The van der Waals surface area contributed by atoms with Crippen LogP contribution in [0.4, 0.5) is 13.2 Å². The molecule has 7 heteroatoms. The number of rotatable bonds is 5. The number of amides is 1. The SMILES string of the molecule is O=C(COCc1ccccc1)N1CCSC1c1cccc(C(F)(F)F)c1. The molecule has 0 bridgehead atoms. The van der Waals surface area contributed by atoms with Crippen LogP contribution in [-0.4, -0.2) is 29.7 Å². The predicted molar refractivity (Wildman–Crippen MR) is 94.5 cm³/mol. The van der Waals surface area contributed by atoms with Gasteiger partial charge in [0.05, 0.1) is 12.2 Å². The Labute approximate surface area is 154 Å². The van der Waals surface area contributed by atoms with E-state index in [1.165, 1.54) is 17.8 Å². The van der Waals surface area contributed by atoms with Crippen molar-refractivity contribution >= 4 is 17.7 Å². The second-order valence-corrected chi connectivity index (χ2v) is 7.10. The number of carbonyl (C=O) groups is 1. The van der Waals surface area contributed by atoms with Gasteiger partial charge in [-0.25, -0.2) is 0 Å². The van der Waals surface area contributed by atoms with Crippen LogP contribution in [0, 0.1) is 0 Å². The first kappa shape index (κ1) is 18.8. The number of hydrogen-bond acceptors (Lipinski definition) is 3. The van der Waals surface area contributed by atoms with Gasteiger partial charge in [0.1, 0.15) is 12.0 Å². The Hall–Kier alpha value is -1.99. The maximum atomic E-state index is 12.9. The van der Waals surface area contributed by atoms with Crippen LogP contribution >= 0.6 is 11.8 Å². The van der Waals surface area contributed by atoms with Crippen LogP contribution in [0.1, 0.15) is 22.1 Å². The smallest absolute Gasteiger partial charge is 0.367 e. The van der Waals surface area contributed by atoms with Gasteiger partial charge in [-0.1, -0.05) is 42.5 Å². The topological polar surface area (TPSA) is 29.5 Å². The molecule has 0 saturated carbocycles. The lowest BCUT2D eigenvalue weighted by Crippen LogP contribution is -2.33. The summed E-state index contributed by atoms with van der Waals surface area (Å²) >= 11 is 1.46. The first-order valence-electron chi connectivity index (χ1n) is 8.15. The van der Waals surface area contributed by atoms with Gasteiger partial charge in [-0.2, -0.15) is 13.2 Å². The summed E-state index contributed by atoms with van der Waals surface area (Å²) in [4.78, 5) is 14.1. The second-order valence-electron chi connectivity index (χ2n) is 5.91. The zero-order chi connectivity index (χ0) is 18.6. The van der Waals surface area contributed by atoms with Gasteiger partial charge in [-0.3, -0.25) is 4.79 Å². The van der Waals surface area contributed by atoms with E-state index in [0.717, 1.165) is 17.7 Å². The molecular formula is C19H18F3NO2S. The maximum absolute atomic E-state index is 12.9. The van der Waals surface area contributed by atoms with E-state index in [1.807, 2.05) is 30.3 Å². The molecule has 1 heterocycles. The monoisotopic (exact) mass is 381 g/mol. The molecule has 1 aliphatic heterocycles. The maximum Gasteiger partial charge on any atom is 0.416 e. The van der Waals surface area contributed by atoms with E-state index in [0.29, 0.717) is 24.5 Å². The molecule has 2 aromatic rings. The molecule has 1 aliphatic rings. The molecule has 1 saturated heterocycles. The summed E-state index contributed by atoms with van der Waals surface area (Å²) in [7, 11) is 0. The summed E-state index contributed by atoms with van der Waals surface area (Å²) in [6.07, 6.45) is -4.40. The van der Waals surface area contributed by atoms with Crippen LogP contribution in [0.5, 0.6) is 0 Å². The molecule has 1 amide bonds. The van der Waals surface area contributed by atoms with Crippen molar-refractivity contribution in [2.45, 2.75) is 18.2 Å². The second kappa shape index (κ2) is 8.14. The highest BCUT2D eigenvalue weighted by atomic mass is 32.2. The Kier molecular flexibility index (Phi) is 5.88. The van der Waals surface area contributed by atoms with Crippen LogP contribution in [-0.2, 0) is 22.3 Å². The molecular weight excluding hydrogens is 363 g/mol. The van der Waals surface area contributed by atoms with E-state index < -0.39 is 17.1 Å². The van der Waals surface area contributed by atoms with Crippen LogP contribution < -0.4 is 0 Å². The van der Waals surface area contributed by atoms with Crippen molar-refractivity contribution in [3.05, 3.63) is 71.3 Å². The Morgan fingerprint density at radius 1 is 1.15 bits per heavy atom. The van der Waals surface area contributed by atoms with Gasteiger partial charge in [-0.15, -0.1) is 11.8 Å². The molecule has 1 unspecified atom stereocenters. The Balaban J connectivity index is 1.63. The molecule has 0 aromatic heterocycles. The Bertz CT molecular complexity index is 752. The van der Waals surface area contributed by atoms with Crippen molar-refractivity contribution < 1.29 is 22.7 Å². The summed E-state index contributed by atoms with van der Waals surface area (Å²) in [5.41, 5.74) is 0.750. The summed E-state index contributed by atoms with van der Waals surface area (Å²) in [5, 5.41) is -0.412. The third kappa shape index (κ3) is 4.59. The highest BCUT2D eigenvalue weighted by Crippen LogP contribution is 2.40. The number of benzene rings is 2. The molecule has 1 atom stereocenters. The molecule has 0 spiro atoms. The van der Waals surface area contributed by atoms with Gasteiger partial charge in [0, 0.05) is 12.3 Å². The van der Waals surface area contributed by atoms with Crippen LogP contribution in [0.3, 0.4) is 0 Å². The van der Waals surface area contributed by atoms with Gasteiger partial charge in [0.15, 0.2) is 0 Å². The van der Waals surface area contributed by atoms with E-state index in [1.54, 1.807) is 11.0 Å². The zero-order valence-electron chi connectivity index (χ0n) is 13.9. The van der Waals surface area contributed by atoms with Crippen LogP contribution in [0.15, 0.2) is 54.6 Å². The molecule has 26 heavy (non-hydrogen) atoms. The van der Waals surface area contributed by atoms with Crippen LogP contribution in [0.2, 0.25) is 0 Å². The lowest BCUT2D eigenvalue weighted by atomic mass is 10.1. The van der Waals surface area contributed by atoms with Gasteiger partial charge in [-0.05, 0) is 23.3 Å². The number of carbonyl (C=O) groups excluding carboxylic acids is 1. The first-order valence-corrected chi connectivity index (χ1v) is 9.20. The summed E-state index contributed by atoms with van der Waals surface area (Å²) in [6, 6.07) is 14.7. The summed E-state index contributed by atoms with van der Waals surface area (Å²) in [6.45, 7) is 0.728. The molecule has 3 rings (SSSR count). The quantitative estimate of drug-likeness (QED) is 0.764. The Morgan fingerprint density at radius 3 is 2.65 bits per heavy atom. The predicted octanol–water partition coefficient (Wildman–Crippen LogP) is 4.50. The number of halogens is 3. The van der Waals surface area contributed by atoms with Crippen LogP contribution in [0.25, 0.3) is 0 Å². The van der Waals surface area contributed by atoms with E-state index >= 15 is 0 Å². The highest BCUT2D eigenvalue weighted by molar-refractivity contribution is 7.99. The first-order chi connectivity index (χ1) is 12.4. The molecule has 0 N–H and O–H groups in total. The Morgan fingerprint density at radius 2 is 1.92 bits per heavy atom. The minimum atomic E-state index is -4.40. The highest BCUT2D eigenvalue weighted by Gasteiger charge is 2.34. The molecule has 2 aromatic carbocycles. The van der Waals surface area contributed by atoms with Crippen molar-refractivity contribution in [3.63, 3.8) is 0 Å². The van der Waals surface area contributed by atoms with E-state index in [-0.39, 0.29) is 12.5 Å². The van der Waals surface area contributed by atoms with Gasteiger partial charge < -0.3 is 9.64 Å². The molecule has 0 aliphatic carbocycles. The lowest BCUT2D eigenvalue weighted by Gasteiger charge is -2.24. The van der Waals surface area contributed by atoms with Crippen molar-refractivity contribution in [3.8, 4) is 0 Å². The van der Waals surface area contributed by atoms with Crippen molar-refractivity contribution in [1.82, 2.24) is 4.90 Å². The van der Waals surface area contributed by atoms with E-state index in [2.05, 4.69) is 0 Å². The number of alkyl halides is 3. The van der Waals surface area contributed by atoms with Gasteiger partial charge >= 0.3 is 6.18 Å². The molecule has 0 radical (unpaired) electrons. The van der Waals surface area contributed by atoms with E-state index in [4.69, 9.17) is 4.74 Å². The summed E-state index contributed by atoms with van der Waals surface area (Å²) < 4.78 is 44.3. The normalized spacial score (nSPS) is 17.5. The number of nitrogens with zero attached hydrogens (tertiary/aromatic N) is 1. The van der Waals surface area contributed by atoms with Crippen molar-refractivity contribution in [2.24, 2.45) is 0 Å². The fraction of sp³-hybridized carbons (Fsp3) is 0.316.